The van der Waals surface area contributed by atoms with Gasteiger partial charge in [-0.25, -0.2) is 13.1 Å². The smallest absolute Gasteiger partial charge is 0.264 e. The summed E-state index contributed by atoms with van der Waals surface area (Å²) in [5, 5.41) is 8.21. The summed E-state index contributed by atoms with van der Waals surface area (Å²) < 4.78 is 33.6. The third-order valence-corrected chi connectivity index (χ3v) is 6.12. The van der Waals surface area contributed by atoms with Crippen LogP contribution in [0, 0.1) is 19.8 Å². The third-order valence-electron chi connectivity index (χ3n) is 4.43. The Balaban J connectivity index is 1.93. The third kappa shape index (κ3) is 3.12. The van der Waals surface area contributed by atoms with Gasteiger partial charge in [-0.3, -0.25) is 0 Å². The lowest BCUT2D eigenvalue weighted by molar-refractivity contribution is 0.338. The van der Waals surface area contributed by atoms with Crippen LogP contribution in [-0.4, -0.2) is 30.1 Å². The molecule has 0 radical (unpaired) electrons. The standard InChI is InChI=1S/C16H24N4O3S/c1-9(2)8-17-24(21,22)14-10(3)13(18-11(14)4)16-20-19-15(23-16)12-6-5-7-12/h9,12,17-18H,5-8H2,1-4H3. The number of aromatic nitrogens is 3. The van der Waals surface area contributed by atoms with Crippen LogP contribution in [-0.2, 0) is 10.0 Å². The lowest BCUT2D eigenvalue weighted by atomic mass is 9.85. The molecule has 0 aromatic carbocycles. The van der Waals surface area contributed by atoms with Gasteiger partial charge >= 0.3 is 0 Å². The zero-order chi connectivity index (χ0) is 17.5. The summed E-state index contributed by atoms with van der Waals surface area (Å²) in [5.41, 5.74) is 1.75. The molecule has 0 amide bonds. The van der Waals surface area contributed by atoms with Crippen molar-refractivity contribution < 1.29 is 12.8 Å². The van der Waals surface area contributed by atoms with Gasteiger partial charge in [0.05, 0.1) is 0 Å². The van der Waals surface area contributed by atoms with E-state index in [9.17, 15) is 8.42 Å². The number of aromatic amines is 1. The number of hydrogen-bond donors (Lipinski definition) is 2. The molecule has 0 saturated heterocycles. The van der Waals surface area contributed by atoms with Crippen molar-refractivity contribution in [1.82, 2.24) is 19.9 Å². The highest BCUT2D eigenvalue weighted by molar-refractivity contribution is 7.89. The van der Waals surface area contributed by atoms with Crippen LogP contribution in [0.1, 0.15) is 56.2 Å². The molecule has 0 aliphatic heterocycles. The molecule has 1 fully saturated rings. The van der Waals surface area contributed by atoms with E-state index in [1.54, 1.807) is 13.8 Å². The highest BCUT2D eigenvalue weighted by atomic mass is 32.2. The van der Waals surface area contributed by atoms with Crippen molar-refractivity contribution in [3.8, 4) is 11.6 Å². The zero-order valence-electron chi connectivity index (χ0n) is 14.5. The summed E-state index contributed by atoms with van der Waals surface area (Å²) >= 11 is 0. The van der Waals surface area contributed by atoms with Crippen LogP contribution in [0.3, 0.4) is 0 Å². The van der Waals surface area contributed by atoms with E-state index in [0.717, 1.165) is 12.8 Å². The molecular weight excluding hydrogens is 328 g/mol. The SMILES string of the molecule is Cc1[nH]c(-c2nnc(C3CCC3)o2)c(C)c1S(=O)(=O)NCC(C)C. The molecule has 0 bridgehead atoms. The van der Waals surface area contributed by atoms with E-state index in [0.29, 0.717) is 41.2 Å². The van der Waals surface area contributed by atoms with Gasteiger partial charge in [0.2, 0.25) is 15.9 Å². The first-order valence-electron chi connectivity index (χ1n) is 8.32. The van der Waals surface area contributed by atoms with E-state index in [2.05, 4.69) is 19.9 Å². The number of rotatable bonds is 6. The molecule has 2 heterocycles. The molecule has 0 atom stereocenters. The summed E-state index contributed by atoms with van der Waals surface area (Å²) in [7, 11) is -3.58. The predicted octanol–water partition coefficient (Wildman–Crippen LogP) is 2.88. The average Bonchev–Trinajstić information content (AvgIpc) is 3.00. The summed E-state index contributed by atoms with van der Waals surface area (Å²) in [4.78, 5) is 3.36. The van der Waals surface area contributed by atoms with Crippen molar-refractivity contribution in [3.05, 3.63) is 17.1 Å². The number of aryl methyl sites for hydroxylation is 1. The lowest BCUT2D eigenvalue weighted by Crippen LogP contribution is -2.28. The Kier molecular flexibility index (Phi) is 4.52. The van der Waals surface area contributed by atoms with E-state index in [4.69, 9.17) is 4.42 Å². The monoisotopic (exact) mass is 352 g/mol. The van der Waals surface area contributed by atoms with Crippen LogP contribution >= 0.6 is 0 Å². The van der Waals surface area contributed by atoms with Crippen molar-refractivity contribution >= 4 is 10.0 Å². The largest absolute Gasteiger partial charge is 0.419 e. The number of nitrogens with zero attached hydrogens (tertiary/aromatic N) is 2. The molecule has 7 nitrogen and oxygen atoms in total. The maximum absolute atomic E-state index is 12.6. The van der Waals surface area contributed by atoms with E-state index in [-0.39, 0.29) is 10.8 Å². The minimum atomic E-state index is -3.58. The van der Waals surface area contributed by atoms with Gasteiger partial charge in [-0.1, -0.05) is 20.3 Å². The second-order valence-corrected chi connectivity index (χ2v) is 8.60. The first-order chi connectivity index (χ1) is 11.3. The predicted molar refractivity (Wildman–Crippen MR) is 90.2 cm³/mol. The minimum absolute atomic E-state index is 0.236. The van der Waals surface area contributed by atoms with Crippen LogP contribution in [0.4, 0.5) is 0 Å². The van der Waals surface area contributed by atoms with Gasteiger partial charge in [0.15, 0.2) is 0 Å². The molecule has 2 aromatic rings. The van der Waals surface area contributed by atoms with Gasteiger partial charge in [-0.05, 0) is 38.2 Å². The van der Waals surface area contributed by atoms with Gasteiger partial charge < -0.3 is 9.40 Å². The summed E-state index contributed by atoms with van der Waals surface area (Å²) in [6.07, 6.45) is 3.33. The molecule has 1 saturated carbocycles. The van der Waals surface area contributed by atoms with Crippen LogP contribution in [0.25, 0.3) is 11.6 Å². The molecule has 0 spiro atoms. The Bertz CT molecular complexity index is 832. The van der Waals surface area contributed by atoms with Crippen LogP contribution < -0.4 is 4.72 Å². The van der Waals surface area contributed by atoms with Crippen LogP contribution in [0.5, 0.6) is 0 Å². The normalized spacial score (nSPS) is 15.9. The first-order valence-corrected chi connectivity index (χ1v) is 9.80. The van der Waals surface area contributed by atoms with Gasteiger partial charge in [0.1, 0.15) is 10.6 Å². The van der Waals surface area contributed by atoms with Crippen molar-refractivity contribution in [2.24, 2.45) is 5.92 Å². The first kappa shape index (κ1) is 17.2. The Morgan fingerprint density at radius 2 is 2.00 bits per heavy atom. The molecule has 1 aliphatic carbocycles. The molecule has 3 rings (SSSR count). The fraction of sp³-hybridized carbons (Fsp3) is 0.625. The topological polar surface area (TPSA) is 101 Å². The van der Waals surface area contributed by atoms with E-state index in [1.807, 2.05) is 13.8 Å². The fourth-order valence-electron chi connectivity index (χ4n) is 2.85. The van der Waals surface area contributed by atoms with E-state index in [1.165, 1.54) is 6.42 Å². The molecule has 2 N–H and O–H groups in total. The van der Waals surface area contributed by atoms with Crippen molar-refractivity contribution in [1.29, 1.82) is 0 Å². The highest BCUT2D eigenvalue weighted by Gasteiger charge is 2.29. The van der Waals surface area contributed by atoms with Crippen molar-refractivity contribution in [3.63, 3.8) is 0 Å². The minimum Gasteiger partial charge on any atom is -0.419 e. The molecule has 8 heteroatoms. The van der Waals surface area contributed by atoms with E-state index >= 15 is 0 Å². The number of sulfonamides is 1. The maximum atomic E-state index is 12.6. The highest BCUT2D eigenvalue weighted by Crippen LogP contribution is 2.37. The maximum Gasteiger partial charge on any atom is 0.264 e. The Morgan fingerprint density at radius 3 is 2.58 bits per heavy atom. The Labute approximate surface area is 142 Å². The second kappa shape index (κ2) is 6.33. The van der Waals surface area contributed by atoms with Crippen LogP contribution in [0.2, 0.25) is 0 Å². The number of H-pyrrole nitrogens is 1. The number of hydrogen-bond acceptors (Lipinski definition) is 5. The number of nitrogens with one attached hydrogen (secondary N) is 2. The van der Waals surface area contributed by atoms with Crippen molar-refractivity contribution in [2.75, 3.05) is 6.54 Å². The Morgan fingerprint density at radius 1 is 1.29 bits per heavy atom. The Hall–Kier alpha value is -1.67. The van der Waals surface area contributed by atoms with Crippen molar-refractivity contribution in [2.45, 2.75) is 57.8 Å². The lowest BCUT2D eigenvalue weighted by Gasteiger charge is -2.20. The summed E-state index contributed by atoms with van der Waals surface area (Å²) in [5.74, 6) is 1.58. The van der Waals surface area contributed by atoms with Gasteiger partial charge in [0, 0.05) is 18.2 Å². The molecule has 0 unspecified atom stereocenters. The zero-order valence-corrected chi connectivity index (χ0v) is 15.3. The molecular formula is C16H24N4O3S. The van der Waals surface area contributed by atoms with Crippen LogP contribution in [0.15, 0.2) is 9.31 Å². The molecule has 24 heavy (non-hydrogen) atoms. The average molecular weight is 352 g/mol. The fourth-order valence-corrected chi connectivity index (χ4v) is 4.51. The van der Waals surface area contributed by atoms with Gasteiger partial charge in [0.25, 0.3) is 5.89 Å². The van der Waals surface area contributed by atoms with Gasteiger partial charge in [-0.2, -0.15) is 0 Å². The summed E-state index contributed by atoms with van der Waals surface area (Å²) in [6.45, 7) is 7.82. The van der Waals surface area contributed by atoms with Gasteiger partial charge in [-0.15, -0.1) is 10.2 Å². The summed E-state index contributed by atoms with van der Waals surface area (Å²) in [6, 6.07) is 0. The van der Waals surface area contributed by atoms with E-state index < -0.39 is 10.0 Å². The molecule has 1 aliphatic rings. The quantitative estimate of drug-likeness (QED) is 0.832. The molecule has 2 aromatic heterocycles. The molecule has 132 valence electrons. The second-order valence-electron chi connectivity index (χ2n) is 6.90.